The molecule has 4 aromatic heterocycles. The van der Waals surface area contributed by atoms with Crippen molar-refractivity contribution in [2.45, 2.75) is 0 Å². The van der Waals surface area contributed by atoms with E-state index in [0.29, 0.717) is 0 Å². The van der Waals surface area contributed by atoms with Crippen LogP contribution in [0.5, 0.6) is 0 Å². The normalized spacial score (nSPS) is 12.4. The summed E-state index contributed by atoms with van der Waals surface area (Å²) < 4.78 is 10.3. The Balaban J connectivity index is 1.89. The molecule has 4 heterocycles. The van der Waals surface area contributed by atoms with Crippen LogP contribution in [0.2, 0.25) is 0 Å². The van der Waals surface area contributed by atoms with Crippen LogP contribution >= 0.6 is 0 Å². The number of furan rings is 1. The van der Waals surface area contributed by atoms with Gasteiger partial charge in [-0.1, -0.05) is 12.1 Å². The molecule has 6 rings (SSSR count). The van der Waals surface area contributed by atoms with Gasteiger partial charge in [-0.2, -0.15) is 0 Å². The molecule has 0 aliphatic carbocycles. The van der Waals surface area contributed by atoms with Gasteiger partial charge in [0, 0.05) is 24.7 Å². The molecule has 114 valence electrons. The fourth-order valence-corrected chi connectivity index (χ4v) is 3.66. The zero-order valence-electron chi connectivity index (χ0n) is 12.9. The second-order valence-corrected chi connectivity index (χ2v) is 6.08. The van der Waals surface area contributed by atoms with Crippen molar-refractivity contribution in [3.05, 3.63) is 54.7 Å². The molecule has 0 aliphatic heterocycles. The molecular weight excluding hydrogens is 300 g/mol. The van der Waals surface area contributed by atoms with Gasteiger partial charge in [-0.05, 0) is 30.3 Å². The minimum absolute atomic E-state index is 0.805. The van der Waals surface area contributed by atoms with Gasteiger partial charge in [0.2, 0.25) is 5.78 Å². The molecule has 2 aromatic carbocycles. The van der Waals surface area contributed by atoms with Gasteiger partial charge in [0.15, 0.2) is 5.58 Å². The average molecular weight is 312 g/mol. The average Bonchev–Trinajstić information content (AvgIpc) is 3.24. The lowest BCUT2D eigenvalue weighted by Crippen LogP contribution is -1.87. The maximum absolute atomic E-state index is 5.93. The van der Waals surface area contributed by atoms with Gasteiger partial charge < -0.3 is 8.98 Å². The fraction of sp³-hybridized carbons (Fsp3) is 0.0526. The molecule has 0 radical (unpaired) electrons. The number of rotatable bonds is 0. The van der Waals surface area contributed by atoms with Gasteiger partial charge in [0.1, 0.15) is 11.1 Å². The number of benzene rings is 2. The molecule has 0 amide bonds. The minimum Gasteiger partial charge on any atom is -0.454 e. The number of hydrogen-bond acceptors (Lipinski definition) is 3. The van der Waals surface area contributed by atoms with Gasteiger partial charge in [0.05, 0.1) is 22.1 Å². The molecule has 0 unspecified atom stereocenters. The molecule has 0 bridgehead atoms. The Morgan fingerprint density at radius 2 is 1.79 bits per heavy atom. The van der Waals surface area contributed by atoms with E-state index in [2.05, 4.69) is 44.3 Å². The highest BCUT2D eigenvalue weighted by molar-refractivity contribution is 6.08. The fourth-order valence-electron chi connectivity index (χ4n) is 3.66. The second kappa shape index (κ2) is 3.94. The number of fused-ring (bicyclic) bond motifs is 8. The van der Waals surface area contributed by atoms with Crippen molar-refractivity contribution in [3.8, 4) is 0 Å². The van der Waals surface area contributed by atoms with Crippen LogP contribution in [0.1, 0.15) is 0 Å². The van der Waals surface area contributed by atoms with Crippen molar-refractivity contribution in [2.75, 3.05) is 0 Å². The molecule has 5 nitrogen and oxygen atoms in total. The molecule has 0 saturated heterocycles. The van der Waals surface area contributed by atoms with Crippen molar-refractivity contribution in [1.82, 2.24) is 18.9 Å². The number of pyridine rings is 1. The summed E-state index contributed by atoms with van der Waals surface area (Å²) in [6, 6.07) is 16.3. The number of hydrogen-bond donors (Lipinski definition) is 0. The van der Waals surface area contributed by atoms with Crippen molar-refractivity contribution < 1.29 is 4.42 Å². The maximum Gasteiger partial charge on any atom is 0.215 e. The number of para-hydroxylation sites is 2. The summed E-state index contributed by atoms with van der Waals surface area (Å²) in [6.45, 7) is 0. The molecule has 0 fully saturated rings. The van der Waals surface area contributed by atoms with Crippen LogP contribution in [0.15, 0.2) is 59.1 Å². The molecular formula is C19H12N4O. The SMILES string of the molecule is Cn1c2ccccc2n2c3cc4c(cc3nc12)oc1cccnc14. The first-order chi connectivity index (χ1) is 11.8. The first-order valence-corrected chi connectivity index (χ1v) is 7.84. The molecule has 6 aromatic rings. The topological polar surface area (TPSA) is 48.3 Å². The predicted molar refractivity (Wildman–Crippen MR) is 94.2 cm³/mol. The maximum atomic E-state index is 5.93. The summed E-state index contributed by atoms with van der Waals surface area (Å²) in [6.07, 6.45) is 1.80. The molecule has 24 heavy (non-hydrogen) atoms. The van der Waals surface area contributed by atoms with Crippen LogP contribution in [0.3, 0.4) is 0 Å². The largest absolute Gasteiger partial charge is 0.454 e. The Hall–Kier alpha value is -3.34. The van der Waals surface area contributed by atoms with Crippen LogP contribution in [0, 0.1) is 0 Å². The lowest BCUT2D eigenvalue weighted by atomic mass is 10.2. The van der Waals surface area contributed by atoms with Crippen LogP contribution in [0.4, 0.5) is 0 Å². The van der Waals surface area contributed by atoms with E-state index in [1.54, 1.807) is 6.20 Å². The number of nitrogens with zero attached hydrogens (tertiary/aromatic N) is 4. The Labute approximate surface area is 135 Å². The van der Waals surface area contributed by atoms with E-state index in [1.165, 1.54) is 0 Å². The first kappa shape index (κ1) is 12.1. The Kier molecular flexibility index (Phi) is 1.99. The summed E-state index contributed by atoms with van der Waals surface area (Å²) in [4.78, 5) is 9.30. The number of aryl methyl sites for hydroxylation is 1. The summed E-state index contributed by atoms with van der Waals surface area (Å²) >= 11 is 0. The highest BCUT2D eigenvalue weighted by Crippen LogP contribution is 2.32. The minimum atomic E-state index is 0.805. The molecule has 0 N–H and O–H groups in total. The molecule has 0 saturated carbocycles. The van der Waals surface area contributed by atoms with Crippen molar-refractivity contribution in [1.29, 1.82) is 0 Å². The lowest BCUT2D eigenvalue weighted by Gasteiger charge is -1.95. The molecule has 0 atom stereocenters. The van der Waals surface area contributed by atoms with E-state index in [0.717, 1.165) is 49.9 Å². The third-order valence-electron chi connectivity index (χ3n) is 4.77. The molecule has 0 aliphatic rings. The second-order valence-electron chi connectivity index (χ2n) is 6.08. The van der Waals surface area contributed by atoms with Crippen molar-refractivity contribution in [2.24, 2.45) is 7.05 Å². The summed E-state index contributed by atoms with van der Waals surface area (Å²) in [7, 11) is 2.05. The lowest BCUT2D eigenvalue weighted by molar-refractivity contribution is 0.668. The highest BCUT2D eigenvalue weighted by Gasteiger charge is 2.16. The predicted octanol–water partition coefficient (Wildman–Crippen LogP) is 4.27. The van der Waals surface area contributed by atoms with Crippen LogP contribution in [-0.2, 0) is 7.05 Å². The Morgan fingerprint density at radius 3 is 2.71 bits per heavy atom. The smallest absolute Gasteiger partial charge is 0.215 e. The van der Waals surface area contributed by atoms with Crippen LogP contribution in [0.25, 0.3) is 49.9 Å². The van der Waals surface area contributed by atoms with E-state index >= 15 is 0 Å². The first-order valence-electron chi connectivity index (χ1n) is 7.84. The quantitative estimate of drug-likeness (QED) is 0.421. The molecule has 5 heteroatoms. The Morgan fingerprint density at radius 1 is 0.917 bits per heavy atom. The zero-order chi connectivity index (χ0) is 15.8. The van der Waals surface area contributed by atoms with Gasteiger partial charge in [0.25, 0.3) is 0 Å². The highest BCUT2D eigenvalue weighted by atomic mass is 16.3. The van der Waals surface area contributed by atoms with Crippen LogP contribution in [-0.4, -0.2) is 18.9 Å². The number of imidazole rings is 2. The monoisotopic (exact) mass is 312 g/mol. The third-order valence-corrected chi connectivity index (χ3v) is 4.77. The van der Waals surface area contributed by atoms with Gasteiger partial charge >= 0.3 is 0 Å². The van der Waals surface area contributed by atoms with Gasteiger partial charge in [-0.25, -0.2) is 4.98 Å². The van der Waals surface area contributed by atoms with E-state index in [-0.39, 0.29) is 0 Å². The summed E-state index contributed by atoms with van der Waals surface area (Å²) in [5.74, 6) is 0.927. The van der Waals surface area contributed by atoms with E-state index < -0.39 is 0 Å². The zero-order valence-corrected chi connectivity index (χ0v) is 12.9. The van der Waals surface area contributed by atoms with E-state index in [9.17, 15) is 0 Å². The van der Waals surface area contributed by atoms with Crippen molar-refractivity contribution in [3.63, 3.8) is 0 Å². The third kappa shape index (κ3) is 1.31. The van der Waals surface area contributed by atoms with Crippen LogP contribution < -0.4 is 0 Å². The molecule has 0 spiro atoms. The van der Waals surface area contributed by atoms with E-state index in [4.69, 9.17) is 9.40 Å². The van der Waals surface area contributed by atoms with Crippen molar-refractivity contribution >= 4 is 49.9 Å². The standard InChI is InChI=1S/C19H12N4O/c1-22-13-5-2-3-6-14(13)23-15-9-11-17(10-12(15)21-19(22)23)24-16-7-4-8-20-18(11)16/h2-10H,1H3. The summed E-state index contributed by atoms with van der Waals surface area (Å²) in [5, 5.41) is 1.02. The van der Waals surface area contributed by atoms with Gasteiger partial charge in [-0.3, -0.25) is 9.38 Å². The van der Waals surface area contributed by atoms with Gasteiger partial charge in [-0.15, -0.1) is 0 Å². The summed E-state index contributed by atoms with van der Waals surface area (Å²) in [5.41, 5.74) is 6.84. The van der Waals surface area contributed by atoms with E-state index in [1.807, 2.05) is 25.2 Å². The number of aromatic nitrogens is 4. The Bertz CT molecular complexity index is 1420.